The minimum atomic E-state index is -0.308. The molecule has 1 aliphatic rings. The standard InChI is InChI=1S/C16H24BrNO/c17-14-9-5-8-13(10-14)15(11-18)16(19)12-6-3-1-2-4-7-12/h5,8-10,12,15-16,19H,1-4,6-7,11,18H2. The highest BCUT2D eigenvalue weighted by Crippen LogP contribution is 2.33. The fourth-order valence-corrected chi connectivity index (χ4v) is 3.61. The minimum absolute atomic E-state index is 0.0561. The normalized spacial score (nSPS) is 20.8. The van der Waals surface area contributed by atoms with Crippen LogP contribution in [0.5, 0.6) is 0 Å². The molecule has 3 heteroatoms. The first-order valence-corrected chi connectivity index (χ1v) is 8.15. The molecule has 0 radical (unpaired) electrons. The SMILES string of the molecule is NCC(c1cccc(Br)c1)C(O)C1CCCCCC1. The van der Waals surface area contributed by atoms with Gasteiger partial charge in [-0.2, -0.15) is 0 Å². The molecule has 1 aromatic carbocycles. The van der Waals surface area contributed by atoms with Gasteiger partial charge in [0.2, 0.25) is 0 Å². The molecular formula is C16H24BrNO. The molecular weight excluding hydrogens is 302 g/mol. The summed E-state index contributed by atoms with van der Waals surface area (Å²) in [5, 5.41) is 10.7. The van der Waals surface area contributed by atoms with Gasteiger partial charge in [-0.25, -0.2) is 0 Å². The van der Waals surface area contributed by atoms with Crippen molar-refractivity contribution in [1.82, 2.24) is 0 Å². The molecule has 0 spiro atoms. The average Bonchev–Trinajstić information content (AvgIpc) is 2.68. The van der Waals surface area contributed by atoms with E-state index in [1.54, 1.807) is 0 Å². The zero-order valence-corrected chi connectivity index (χ0v) is 13.0. The molecule has 2 atom stereocenters. The third-order valence-electron chi connectivity index (χ3n) is 4.33. The number of aliphatic hydroxyl groups is 1. The van der Waals surface area contributed by atoms with Crippen LogP contribution in [-0.4, -0.2) is 17.8 Å². The summed E-state index contributed by atoms with van der Waals surface area (Å²) in [6.07, 6.45) is 7.10. The maximum Gasteiger partial charge on any atom is 0.0648 e. The second-order valence-electron chi connectivity index (χ2n) is 5.64. The van der Waals surface area contributed by atoms with Gasteiger partial charge < -0.3 is 10.8 Å². The van der Waals surface area contributed by atoms with E-state index in [1.165, 1.54) is 25.7 Å². The Kier molecular flexibility index (Phi) is 5.86. The monoisotopic (exact) mass is 325 g/mol. The molecule has 0 amide bonds. The molecule has 1 saturated carbocycles. The second kappa shape index (κ2) is 7.41. The molecule has 0 aromatic heterocycles. The maximum atomic E-state index is 10.7. The van der Waals surface area contributed by atoms with Crippen molar-refractivity contribution in [2.75, 3.05) is 6.54 Å². The summed E-state index contributed by atoms with van der Waals surface area (Å²) in [5.74, 6) is 0.468. The average molecular weight is 326 g/mol. The highest BCUT2D eigenvalue weighted by Gasteiger charge is 2.28. The number of hydrogen-bond acceptors (Lipinski definition) is 2. The van der Waals surface area contributed by atoms with E-state index in [9.17, 15) is 5.11 Å². The smallest absolute Gasteiger partial charge is 0.0648 e. The Bertz CT molecular complexity index is 388. The molecule has 1 aromatic rings. The summed E-state index contributed by atoms with van der Waals surface area (Å²) in [5.41, 5.74) is 7.07. The van der Waals surface area contributed by atoms with Crippen molar-refractivity contribution in [3.05, 3.63) is 34.3 Å². The van der Waals surface area contributed by atoms with Crippen molar-refractivity contribution >= 4 is 15.9 Å². The van der Waals surface area contributed by atoms with E-state index in [0.717, 1.165) is 22.9 Å². The lowest BCUT2D eigenvalue weighted by Gasteiger charge is -2.29. The van der Waals surface area contributed by atoms with Crippen LogP contribution < -0.4 is 5.73 Å². The van der Waals surface area contributed by atoms with Gasteiger partial charge in [-0.05, 0) is 36.5 Å². The van der Waals surface area contributed by atoms with E-state index in [1.807, 2.05) is 12.1 Å². The van der Waals surface area contributed by atoms with Crippen LogP contribution in [0.15, 0.2) is 28.7 Å². The van der Waals surface area contributed by atoms with E-state index in [-0.39, 0.29) is 12.0 Å². The Morgan fingerprint density at radius 3 is 2.47 bits per heavy atom. The predicted octanol–water partition coefficient (Wildman–Crippen LogP) is 3.82. The van der Waals surface area contributed by atoms with Gasteiger partial charge in [0.1, 0.15) is 0 Å². The number of nitrogens with two attached hydrogens (primary N) is 1. The first kappa shape index (κ1) is 15.0. The number of benzene rings is 1. The molecule has 19 heavy (non-hydrogen) atoms. The zero-order chi connectivity index (χ0) is 13.7. The largest absolute Gasteiger partial charge is 0.392 e. The van der Waals surface area contributed by atoms with Gasteiger partial charge in [0.15, 0.2) is 0 Å². The third-order valence-corrected chi connectivity index (χ3v) is 4.82. The summed E-state index contributed by atoms with van der Waals surface area (Å²) < 4.78 is 1.05. The maximum absolute atomic E-state index is 10.7. The van der Waals surface area contributed by atoms with Gasteiger partial charge in [0.05, 0.1) is 6.10 Å². The fraction of sp³-hybridized carbons (Fsp3) is 0.625. The Labute approximate surface area is 124 Å². The van der Waals surface area contributed by atoms with E-state index < -0.39 is 0 Å². The van der Waals surface area contributed by atoms with Crippen molar-refractivity contribution in [3.8, 4) is 0 Å². The minimum Gasteiger partial charge on any atom is -0.392 e. The number of rotatable bonds is 4. The molecule has 2 unspecified atom stereocenters. The second-order valence-corrected chi connectivity index (χ2v) is 6.56. The highest BCUT2D eigenvalue weighted by molar-refractivity contribution is 9.10. The molecule has 106 valence electrons. The highest BCUT2D eigenvalue weighted by atomic mass is 79.9. The first-order valence-electron chi connectivity index (χ1n) is 7.36. The first-order chi connectivity index (χ1) is 9.22. The van der Waals surface area contributed by atoms with Crippen LogP contribution >= 0.6 is 15.9 Å². The molecule has 2 nitrogen and oxygen atoms in total. The number of hydrogen-bond donors (Lipinski definition) is 2. The molecule has 3 N–H and O–H groups in total. The van der Waals surface area contributed by atoms with Crippen molar-refractivity contribution in [2.24, 2.45) is 11.7 Å². The van der Waals surface area contributed by atoms with Crippen molar-refractivity contribution in [3.63, 3.8) is 0 Å². The van der Waals surface area contributed by atoms with Gasteiger partial charge in [-0.1, -0.05) is 53.7 Å². The Balaban J connectivity index is 2.11. The Hall–Kier alpha value is -0.380. The molecule has 0 bridgehead atoms. The van der Waals surface area contributed by atoms with Crippen molar-refractivity contribution in [1.29, 1.82) is 0 Å². The fourth-order valence-electron chi connectivity index (χ4n) is 3.19. The van der Waals surface area contributed by atoms with Crippen molar-refractivity contribution < 1.29 is 5.11 Å². The van der Waals surface area contributed by atoms with E-state index in [4.69, 9.17) is 5.73 Å². The van der Waals surface area contributed by atoms with Crippen LogP contribution in [0, 0.1) is 5.92 Å². The summed E-state index contributed by atoms with van der Waals surface area (Å²) in [4.78, 5) is 0. The Morgan fingerprint density at radius 2 is 1.89 bits per heavy atom. The molecule has 0 saturated heterocycles. The quantitative estimate of drug-likeness (QED) is 0.826. The third kappa shape index (κ3) is 4.04. The number of aliphatic hydroxyl groups excluding tert-OH is 1. The van der Waals surface area contributed by atoms with Gasteiger partial charge >= 0.3 is 0 Å². The van der Waals surface area contributed by atoms with Crippen LogP contribution in [0.25, 0.3) is 0 Å². The molecule has 1 fully saturated rings. The Morgan fingerprint density at radius 1 is 1.21 bits per heavy atom. The van der Waals surface area contributed by atoms with E-state index in [2.05, 4.69) is 28.1 Å². The molecule has 2 rings (SSSR count). The summed E-state index contributed by atoms with van der Waals surface area (Å²) in [6.45, 7) is 0.508. The summed E-state index contributed by atoms with van der Waals surface area (Å²) in [6, 6.07) is 8.18. The zero-order valence-electron chi connectivity index (χ0n) is 11.4. The van der Waals surface area contributed by atoms with E-state index >= 15 is 0 Å². The molecule has 0 aliphatic heterocycles. The van der Waals surface area contributed by atoms with E-state index in [0.29, 0.717) is 12.5 Å². The topological polar surface area (TPSA) is 46.2 Å². The lowest BCUT2D eigenvalue weighted by molar-refractivity contribution is 0.0741. The lowest BCUT2D eigenvalue weighted by Crippen LogP contribution is -2.32. The van der Waals surface area contributed by atoms with Crippen LogP contribution in [0.1, 0.15) is 50.0 Å². The van der Waals surface area contributed by atoms with Gasteiger partial charge in [0.25, 0.3) is 0 Å². The van der Waals surface area contributed by atoms with Crippen LogP contribution in [0.2, 0.25) is 0 Å². The van der Waals surface area contributed by atoms with Gasteiger partial charge in [-0.3, -0.25) is 0 Å². The van der Waals surface area contributed by atoms with Crippen LogP contribution in [0.3, 0.4) is 0 Å². The lowest BCUT2D eigenvalue weighted by atomic mass is 9.82. The molecule has 0 heterocycles. The summed E-state index contributed by atoms with van der Waals surface area (Å²) in [7, 11) is 0. The van der Waals surface area contributed by atoms with Gasteiger partial charge in [0, 0.05) is 16.9 Å². The van der Waals surface area contributed by atoms with Crippen molar-refractivity contribution in [2.45, 2.75) is 50.5 Å². The van der Waals surface area contributed by atoms with Gasteiger partial charge in [-0.15, -0.1) is 0 Å². The van der Waals surface area contributed by atoms with Crippen LogP contribution in [-0.2, 0) is 0 Å². The summed E-state index contributed by atoms with van der Waals surface area (Å²) >= 11 is 3.49. The predicted molar refractivity (Wildman–Crippen MR) is 83.1 cm³/mol. The molecule has 1 aliphatic carbocycles. The van der Waals surface area contributed by atoms with Crippen LogP contribution in [0.4, 0.5) is 0 Å². The number of halogens is 1.